The Kier molecular flexibility index (Phi) is 11.8. The van der Waals surface area contributed by atoms with Crippen molar-refractivity contribution in [3.8, 4) is 39.6 Å². The number of fused-ring (bicyclic) bond motifs is 7. The second-order valence-corrected chi connectivity index (χ2v) is 22.3. The van der Waals surface area contributed by atoms with Crippen molar-refractivity contribution in [2.75, 3.05) is 9.80 Å². The Bertz CT molecular complexity index is 3880. The summed E-state index contributed by atoms with van der Waals surface area (Å²) >= 11 is 0. The zero-order valence-electron chi connectivity index (χ0n) is 42.7. The fourth-order valence-electron chi connectivity index (χ4n) is 10.2. The number of anilines is 4. The molecule has 8 aromatic carbocycles. The summed E-state index contributed by atoms with van der Waals surface area (Å²) in [4.78, 5) is 9.76. The topological polar surface area (TPSA) is 46.7 Å². The van der Waals surface area contributed by atoms with Crippen LogP contribution in [0.15, 0.2) is 180 Å². The van der Waals surface area contributed by atoms with Crippen LogP contribution in [0.3, 0.4) is 0 Å². The summed E-state index contributed by atoms with van der Waals surface area (Å²) in [5.41, 5.74) is 16.0. The van der Waals surface area contributed by atoms with E-state index in [0.717, 1.165) is 94.6 Å². The second kappa shape index (κ2) is 18.0. The van der Waals surface area contributed by atoms with Crippen LogP contribution in [0.4, 0.5) is 22.7 Å². The Morgan fingerprint density at radius 1 is 0.507 bits per heavy atom. The van der Waals surface area contributed by atoms with Crippen LogP contribution in [0.1, 0.15) is 79.0 Å². The van der Waals surface area contributed by atoms with Crippen LogP contribution >= 0.6 is 0 Å². The van der Waals surface area contributed by atoms with Gasteiger partial charge in [0.05, 0.1) is 0 Å². The van der Waals surface area contributed by atoms with Gasteiger partial charge in [0.2, 0.25) is 0 Å². The summed E-state index contributed by atoms with van der Waals surface area (Å²) in [7, 11) is 0. The monoisotopic (exact) mass is 1130 g/mol. The molecule has 0 atom stereocenters. The molecule has 3 aromatic heterocycles. The summed E-state index contributed by atoms with van der Waals surface area (Å²) < 4.78 is 15.1. The first-order valence-corrected chi connectivity index (χ1v) is 24.9. The molecule has 0 unspecified atom stereocenters. The minimum Gasteiger partial charge on any atom is -0.509 e. The number of pyridine rings is 1. The Labute approximate surface area is 443 Å². The fourth-order valence-corrected chi connectivity index (χ4v) is 10.2. The summed E-state index contributed by atoms with van der Waals surface area (Å²) in [6.07, 6.45) is 2.04. The molecule has 0 saturated heterocycles. The summed E-state index contributed by atoms with van der Waals surface area (Å²) in [5.74, 6) is 2.01. The average molecular weight is 1130 g/mol. The number of furan rings is 1. The first-order chi connectivity index (χ1) is 34.5. The van der Waals surface area contributed by atoms with E-state index in [2.05, 4.69) is 235 Å². The molecule has 0 spiro atoms. The zero-order chi connectivity index (χ0) is 49.7. The van der Waals surface area contributed by atoms with Crippen LogP contribution in [-0.2, 0) is 37.3 Å². The number of hydrogen-bond donors (Lipinski definition) is 0. The Morgan fingerprint density at radius 2 is 1.15 bits per heavy atom. The number of para-hydroxylation sites is 4. The van der Waals surface area contributed by atoms with Gasteiger partial charge in [-0.2, -0.15) is 12.1 Å². The molecule has 1 aliphatic heterocycles. The second-order valence-electron chi connectivity index (χ2n) is 22.3. The maximum Gasteiger partial charge on any atom is 0.135 e. The first kappa shape index (κ1) is 47.9. The van der Waals surface area contributed by atoms with Crippen molar-refractivity contribution < 1.29 is 30.2 Å². The van der Waals surface area contributed by atoms with Gasteiger partial charge < -0.3 is 23.5 Å². The van der Waals surface area contributed by atoms with E-state index in [4.69, 9.17) is 14.1 Å². The smallest absolute Gasteiger partial charge is 0.135 e. The summed E-state index contributed by atoms with van der Waals surface area (Å²) in [5, 5.41) is 4.43. The molecular formula is C66H57N4O2Pt-3. The SMILES string of the molecule is CC(C)(C)c1cc(N2[CH-]N(c3[c-]c(Oc4[c-]c5c(cc4)c4ccccc4n5-c4cc(C(C)(C)C)c(-c5cccc(-c6ccc7oc8ccccc8c7c6)c5)cn4)ccc3)c3ccccc32)cc(C(C)(C)C)c1.[Pt]. The van der Waals surface area contributed by atoms with E-state index >= 15 is 0 Å². The van der Waals surface area contributed by atoms with Gasteiger partial charge in [-0.1, -0.05) is 147 Å². The molecule has 0 amide bonds. The molecule has 0 bridgehead atoms. The molecular weight excluding hydrogens is 1080 g/mol. The Balaban J connectivity index is 0.00000574. The minimum atomic E-state index is -0.203. The van der Waals surface area contributed by atoms with Crippen molar-refractivity contribution in [1.82, 2.24) is 9.55 Å². The molecule has 1 aliphatic rings. The van der Waals surface area contributed by atoms with Crippen molar-refractivity contribution in [3.05, 3.63) is 212 Å². The standard InChI is InChI=1S/C66H57N4O2.Pt/c1-64(2,3)45-34-46(65(4,5)6)36-48(35-45)69-41-68(58-25-13-14-26-59(58)69)47-20-17-21-49(37-47)71-50-29-30-52-51-22-10-12-24-57(51)70(60(52)38-50)63-39-56(66(7,8)9)55(40-67-63)44-19-16-18-42(32-44)43-28-31-62-54(33-43)53-23-11-15-27-61(53)72-62;/h10-36,39-41H,1-9H3;/q-3;. The van der Waals surface area contributed by atoms with Gasteiger partial charge in [0.1, 0.15) is 17.0 Å². The van der Waals surface area contributed by atoms with Gasteiger partial charge in [-0.05, 0) is 116 Å². The Morgan fingerprint density at radius 3 is 1.90 bits per heavy atom. The van der Waals surface area contributed by atoms with E-state index < -0.39 is 0 Å². The summed E-state index contributed by atoms with van der Waals surface area (Å²) in [6.45, 7) is 22.7. The minimum absolute atomic E-state index is 0. The predicted octanol–water partition coefficient (Wildman–Crippen LogP) is 18.1. The van der Waals surface area contributed by atoms with Crippen LogP contribution in [-0.4, -0.2) is 9.55 Å². The molecule has 12 rings (SSSR count). The predicted molar refractivity (Wildman–Crippen MR) is 298 cm³/mol. The Hall–Kier alpha value is -7.40. The first-order valence-electron chi connectivity index (χ1n) is 24.9. The maximum atomic E-state index is 6.72. The van der Waals surface area contributed by atoms with Crippen LogP contribution in [0.2, 0.25) is 0 Å². The van der Waals surface area contributed by atoms with Crippen molar-refractivity contribution in [2.24, 2.45) is 0 Å². The molecule has 0 aliphatic carbocycles. The van der Waals surface area contributed by atoms with E-state index in [1.165, 1.54) is 16.7 Å². The van der Waals surface area contributed by atoms with Crippen molar-refractivity contribution >= 4 is 66.5 Å². The van der Waals surface area contributed by atoms with Gasteiger partial charge in [0.15, 0.2) is 0 Å². The fraction of sp³-hybridized carbons (Fsp3) is 0.182. The van der Waals surface area contributed by atoms with Crippen LogP contribution < -0.4 is 14.5 Å². The molecule has 73 heavy (non-hydrogen) atoms. The average Bonchev–Trinajstić information content (AvgIpc) is 4.05. The third-order valence-electron chi connectivity index (χ3n) is 14.2. The van der Waals surface area contributed by atoms with Gasteiger partial charge in [0, 0.05) is 77.7 Å². The number of rotatable bonds is 7. The normalized spacial score (nSPS) is 13.1. The van der Waals surface area contributed by atoms with Crippen molar-refractivity contribution in [2.45, 2.75) is 78.6 Å². The number of ether oxygens (including phenoxy) is 1. The quantitative estimate of drug-likeness (QED) is 0.149. The van der Waals surface area contributed by atoms with Gasteiger partial charge in [-0.15, -0.1) is 48.1 Å². The molecule has 0 N–H and O–H groups in total. The van der Waals surface area contributed by atoms with Crippen molar-refractivity contribution in [1.29, 1.82) is 0 Å². The van der Waals surface area contributed by atoms with Crippen LogP contribution in [0.25, 0.3) is 71.8 Å². The van der Waals surface area contributed by atoms with E-state index in [1.54, 1.807) is 0 Å². The van der Waals surface area contributed by atoms with Gasteiger partial charge in [0.25, 0.3) is 0 Å². The summed E-state index contributed by atoms with van der Waals surface area (Å²) in [6, 6.07) is 67.4. The van der Waals surface area contributed by atoms with E-state index in [9.17, 15) is 0 Å². The van der Waals surface area contributed by atoms with E-state index in [1.807, 2.05) is 36.5 Å². The third-order valence-corrected chi connectivity index (χ3v) is 14.2. The number of aromatic nitrogens is 2. The number of benzene rings is 8. The molecule has 366 valence electrons. The van der Waals surface area contributed by atoms with Gasteiger partial charge in [-0.25, -0.2) is 4.98 Å². The number of nitrogens with zero attached hydrogens (tertiary/aromatic N) is 4. The maximum absolute atomic E-state index is 6.72. The molecule has 0 radical (unpaired) electrons. The van der Waals surface area contributed by atoms with Crippen LogP contribution in [0.5, 0.6) is 11.5 Å². The van der Waals surface area contributed by atoms with Gasteiger partial charge >= 0.3 is 0 Å². The van der Waals surface area contributed by atoms with Gasteiger partial charge in [-0.3, -0.25) is 0 Å². The number of hydrogen-bond acceptors (Lipinski definition) is 5. The molecule has 7 heteroatoms. The third kappa shape index (κ3) is 8.70. The molecule has 11 aromatic rings. The van der Waals surface area contributed by atoms with Crippen LogP contribution in [0, 0.1) is 18.8 Å². The largest absolute Gasteiger partial charge is 0.509 e. The van der Waals surface area contributed by atoms with Crippen molar-refractivity contribution in [3.63, 3.8) is 0 Å². The molecule has 0 saturated carbocycles. The molecule has 0 fully saturated rings. The van der Waals surface area contributed by atoms with E-state index in [-0.39, 0.29) is 37.3 Å². The van der Waals surface area contributed by atoms with E-state index in [0.29, 0.717) is 11.5 Å². The zero-order valence-corrected chi connectivity index (χ0v) is 45.0. The molecule has 6 nitrogen and oxygen atoms in total. The molecule has 4 heterocycles.